The molecule has 0 saturated heterocycles. The number of hydrogen-bond acceptors (Lipinski definition) is 4. The van der Waals surface area contributed by atoms with Crippen molar-refractivity contribution < 1.29 is 23.1 Å². The topological polar surface area (TPSA) is 49.3 Å². The second kappa shape index (κ2) is 10.2. The Morgan fingerprint density at radius 2 is 1.96 bits per heavy atom. The van der Waals surface area contributed by atoms with E-state index in [0.717, 1.165) is 12.1 Å². The maximum absolute atomic E-state index is 12.5. The third-order valence-corrected chi connectivity index (χ3v) is 4.69. The van der Waals surface area contributed by atoms with Crippen molar-refractivity contribution in [3.63, 3.8) is 0 Å². The molecule has 136 valence electrons. The molecule has 0 aliphatic heterocycles. The van der Waals surface area contributed by atoms with Gasteiger partial charge in [0, 0.05) is 18.3 Å². The number of aliphatic hydroxyl groups excluding tert-OH is 1. The van der Waals surface area contributed by atoms with Crippen LogP contribution >= 0.6 is 24.4 Å². The molecule has 2 N–H and O–H groups in total. The fourth-order valence-electron chi connectivity index (χ4n) is 2.15. The van der Waals surface area contributed by atoms with Gasteiger partial charge in [-0.2, -0.15) is 25.8 Å². The minimum atomic E-state index is -4.35. The third kappa shape index (κ3) is 7.81. The molecule has 0 fully saturated rings. The molecule has 24 heavy (non-hydrogen) atoms. The number of thiol groups is 1. The highest BCUT2D eigenvalue weighted by Gasteiger charge is 2.30. The van der Waals surface area contributed by atoms with Crippen molar-refractivity contribution >= 4 is 30.3 Å². The Bertz CT molecular complexity index is 509. The summed E-state index contributed by atoms with van der Waals surface area (Å²) < 4.78 is 37.5. The summed E-state index contributed by atoms with van der Waals surface area (Å²) in [6.45, 7) is 0.0794. The maximum atomic E-state index is 12.5. The van der Waals surface area contributed by atoms with Crippen LogP contribution in [0.25, 0.3) is 0 Å². The Labute approximate surface area is 149 Å². The molecule has 3 nitrogen and oxygen atoms in total. The Morgan fingerprint density at radius 3 is 2.46 bits per heavy atom. The number of alkyl halides is 3. The van der Waals surface area contributed by atoms with Gasteiger partial charge in [-0.1, -0.05) is 12.1 Å². The van der Waals surface area contributed by atoms with E-state index in [0.29, 0.717) is 24.8 Å². The van der Waals surface area contributed by atoms with E-state index >= 15 is 0 Å². The second-order valence-corrected chi connectivity index (χ2v) is 7.19. The van der Waals surface area contributed by atoms with Crippen LogP contribution in [0.5, 0.6) is 0 Å². The van der Waals surface area contributed by atoms with Crippen LogP contribution in [0.15, 0.2) is 24.3 Å². The lowest BCUT2D eigenvalue weighted by atomic mass is 10.1. The number of hydrogen-bond donors (Lipinski definition) is 3. The van der Waals surface area contributed by atoms with E-state index in [2.05, 4.69) is 17.9 Å². The lowest BCUT2D eigenvalue weighted by molar-refractivity contribution is -0.137. The molecule has 0 saturated carbocycles. The molecule has 8 heteroatoms. The quantitative estimate of drug-likeness (QED) is 0.453. The van der Waals surface area contributed by atoms with E-state index in [1.54, 1.807) is 0 Å². The lowest BCUT2D eigenvalue weighted by Gasteiger charge is -2.17. The van der Waals surface area contributed by atoms with Crippen LogP contribution < -0.4 is 5.32 Å². The highest BCUT2D eigenvalue weighted by Crippen LogP contribution is 2.29. The summed E-state index contributed by atoms with van der Waals surface area (Å²) in [7, 11) is 0. The predicted molar refractivity (Wildman–Crippen MR) is 94.3 cm³/mol. The molecule has 2 atom stereocenters. The van der Waals surface area contributed by atoms with Crippen LogP contribution in [-0.4, -0.2) is 34.5 Å². The number of carbonyl (C=O) groups is 1. The zero-order valence-corrected chi connectivity index (χ0v) is 15.1. The molecule has 0 aliphatic carbocycles. The Balaban J connectivity index is 2.47. The average molecular weight is 381 g/mol. The van der Waals surface area contributed by atoms with Gasteiger partial charge in [-0.15, -0.1) is 11.8 Å². The smallest absolute Gasteiger partial charge is 0.396 e. The zero-order chi connectivity index (χ0) is 18.2. The molecule has 0 radical (unpaired) electrons. The van der Waals surface area contributed by atoms with Crippen LogP contribution in [0.1, 0.15) is 30.4 Å². The summed E-state index contributed by atoms with van der Waals surface area (Å²) in [5.41, 5.74) is 0.0175. The second-order valence-electron chi connectivity index (χ2n) is 5.41. The highest BCUT2D eigenvalue weighted by atomic mass is 32.2. The fourth-order valence-corrected chi connectivity index (χ4v) is 3.18. The van der Waals surface area contributed by atoms with Gasteiger partial charge in [0.05, 0.1) is 10.9 Å². The molecule has 0 spiro atoms. The summed E-state index contributed by atoms with van der Waals surface area (Å²) in [6.07, 6.45) is -0.584. The van der Waals surface area contributed by atoms with E-state index in [9.17, 15) is 18.0 Å². The average Bonchev–Trinajstić information content (AvgIpc) is 2.50. The normalized spacial score (nSPS) is 14.2. The van der Waals surface area contributed by atoms with Crippen LogP contribution in [0.3, 0.4) is 0 Å². The van der Waals surface area contributed by atoms with E-state index in [4.69, 9.17) is 5.11 Å². The number of aliphatic hydroxyl groups is 1. The van der Waals surface area contributed by atoms with E-state index in [-0.39, 0.29) is 29.6 Å². The molecular weight excluding hydrogens is 359 g/mol. The zero-order valence-electron chi connectivity index (χ0n) is 13.3. The van der Waals surface area contributed by atoms with Crippen LogP contribution in [0.2, 0.25) is 0 Å². The van der Waals surface area contributed by atoms with Gasteiger partial charge in [-0.05, 0) is 43.2 Å². The predicted octanol–water partition coefficient (Wildman–Crippen LogP) is 3.51. The van der Waals surface area contributed by atoms with E-state index < -0.39 is 11.7 Å². The van der Waals surface area contributed by atoms with Crippen molar-refractivity contribution in [2.45, 2.75) is 42.5 Å². The van der Waals surface area contributed by atoms with Gasteiger partial charge in [0.15, 0.2) is 0 Å². The van der Waals surface area contributed by atoms with Gasteiger partial charge < -0.3 is 10.4 Å². The monoisotopic (exact) mass is 381 g/mol. The van der Waals surface area contributed by atoms with Gasteiger partial charge >= 0.3 is 6.18 Å². The molecule has 0 aromatic heterocycles. The van der Waals surface area contributed by atoms with Crippen molar-refractivity contribution in [3.05, 3.63) is 35.4 Å². The van der Waals surface area contributed by atoms with E-state index in [1.165, 1.54) is 23.9 Å². The molecule has 1 rings (SSSR count). The fraction of sp³-hybridized carbons (Fsp3) is 0.562. The van der Waals surface area contributed by atoms with Crippen LogP contribution in [0, 0.1) is 0 Å². The molecular formula is C16H22F3NO2S2. The SMILES string of the molecule is CSC(CCCO)NC(=O)CC(S)Cc1ccc(C(F)(F)F)cc1. The molecule has 1 aromatic rings. The van der Waals surface area contributed by atoms with Gasteiger partial charge in [0.2, 0.25) is 5.91 Å². The Kier molecular flexibility index (Phi) is 9.01. The molecule has 1 aromatic carbocycles. The van der Waals surface area contributed by atoms with Gasteiger partial charge in [-0.3, -0.25) is 4.79 Å². The summed E-state index contributed by atoms with van der Waals surface area (Å²) in [5.74, 6) is -0.154. The molecule has 0 bridgehead atoms. The number of benzene rings is 1. The van der Waals surface area contributed by atoms with Gasteiger partial charge in [-0.25, -0.2) is 0 Å². The number of carbonyl (C=O) groups excluding carboxylic acids is 1. The molecule has 2 unspecified atom stereocenters. The van der Waals surface area contributed by atoms with Crippen molar-refractivity contribution in [1.82, 2.24) is 5.32 Å². The number of thioether (sulfide) groups is 1. The minimum Gasteiger partial charge on any atom is -0.396 e. The minimum absolute atomic E-state index is 0.0590. The summed E-state index contributed by atoms with van der Waals surface area (Å²) in [5, 5.41) is 11.3. The first-order valence-corrected chi connectivity index (χ1v) is 9.34. The molecule has 0 heterocycles. The van der Waals surface area contributed by atoms with Crippen molar-refractivity contribution in [2.75, 3.05) is 12.9 Å². The summed E-state index contributed by atoms with van der Waals surface area (Å²) in [4.78, 5) is 12.0. The lowest BCUT2D eigenvalue weighted by Crippen LogP contribution is -2.34. The number of nitrogens with one attached hydrogen (secondary N) is 1. The first-order valence-electron chi connectivity index (χ1n) is 7.53. The largest absolute Gasteiger partial charge is 0.416 e. The van der Waals surface area contributed by atoms with Gasteiger partial charge in [0.25, 0.3) is 0 Å². The molecule has 1 amide bonds. The van der Waals surface area contributed by atoms with E-state index in [1.807, 2.05) is 6.26 Å². The standard InChI is InChI=1S/C16H22F3NO2S2/c1-24-15(3-2-8-21)20-14(22)10-13(23)9-11-4-6-12(7-5-11)16(17,18)19/h4-7,13,15,21,23H,2-3,8-10H2,1H3,(H,20,22). The molecule has 0 aliphatic rings. The third-order valence-electron chi connectivity index (χ3n) is 3.40. The number of rotatable bonds is 9. The van der Waals surface area contributed by atoms with Gasteiger partial charge in [0.1, 0.15) is 0 Å². The summed E-state index contributed by atoms with van der Waals surface area (Å²) >= 11 is 5.85. The maximum Gasteiger partial charge on any atom is 0.416 e. The Morgan fingerprint density at radius 1 is 1.33 bits per heavy atom. The number of halogens is 3. The van der Waals surface area contributed by atoms with Crippen molar-refractivity contribution in [1.29, 1.82) is 0 Å². The first-order chi connectivity index (χ1) is 11.3. The van der Waals surface area contributed by atoms with Crippen molar-refractivity contribution in [2.24, 2.45) is 0 Å². The first kappa shape index (κ1) is 21.2. The number of amides is 1. The van der Waals surface area contributed by atoms with Crippen LogP contribution in [0.4, 0.5) is 13.2 Å². The van der Waals surface area contributed by atoms with Crippen molar-refractivity contribution in [3.8, 4) is 0 Å². The van der Waals surface area contributed by atoms with Crippen LogP contribution in [-0.2, 0) is 17.4 Å². The highest BCUT2D eigenvalue weighted by molar-refractivity contribution is 7.99. The summed E-state index contributed by atoms with van der Waals surface area (Å²) in [6, 6.07) is 4.90. The Hall–Kier alpha value is -0.860.